The standard InChI is InChI=1S/C20H12N2O4S2/c1-11-7-8-15(17-16(11)27-20(28-17)14(10-21)22-2)26-19(24)13-6-4-5-12(9-13)18(23)25-3/h4-9H,1,3H3/b20-14+. The molecule has 138 valence electrons. The molecule has 2 aromatic carbocycles. The van der Waals surface area contributed by atoms with Crippen LogP contribution in [-0.2, 0) is 4.74 Å². The number of hydrogen-bond acceptors (Lipinski definition) is 7. The van der Waals surface area contributed by atoms with Gasteiger partial charge >= 0.3 is 11.9 Å². The molecule has 0 aromatic heterocycles. The van der Waals surface area contributed by atoms with E-state index in [0.717, 1.165) is 10.5 Å². The number of carbonyl (C=O) groups is 2. The van der Waals surface area contributed by atoms with Crippen molar-refractivity contribution in [3.8, 4) is 11.8 Å². The second-order valence-electron chi connectivity index (χ2n) is 5.56. The fourth-order valence-electron chi connectivity index (χ4n) is 2.42. The van der Waals surface area contributed by atoms with E-state index in [4.69, 9.17) is 16.6 Å². The number of hydrogen-bond donors (Lipinski definition) is 0. The van der Waals surface area contributed by atoms with Crippen molar-refractivity contribution in [2.24, 2.45) is 0 Å². The summed E-state index contributed by atoms with van der Waals surface area (Å²) in [6, 6.07) is 11.4. The number of aryl methyl sites for hydroxylation is 1. The first-order valence-corrected chi connectivity index (χ1v) is 9.53. The highest BCUT2D eigenvalue weighted by Gasteiger charge is 2.27. The van der Waals surface area contributed by atoms with Crippen molar-refractivity contribution in [2.45, 2.75) is 16.7 Å². The largest absolute Gasteiger partial charge is 0.465 e. The first-order chi connectivity index (χ1) is 13.5. The quantitative estimate of drug-likeness (QED) is 0.312. The first kappa shape index (κ1) is 19.6. The van der Waals surface area contributed by atoms with Gasteiger partial charge in [0.1, 0.15) is 5.75 Å². The van der Waals surface area contributed by atoms with E-state index in [1.54, 1.807) is 24.3 Å². The van der Waals surface area contributed by atoms with Gasteiger partial charge in [0, 0.05) is 4.90 Å². The van der Waals surface area contributed by atoms with Crippen LogP contribution >= 0.6 is 23.5 Å². The molecule has 0 atom stereocenters. The van der Waals surface area contributed by atoms with Gasteiger partial charge in [0.15, 0.2) is 0 Å². The number of fused-ring (bicyclic) bond motifs is 1. The van der Waals surface area contributed by atoms with Gasteiger partial charge in [0.25, 0.3) is 5.70 Å². The van der Waals surface area contributed by atoms with Crippen LogP contribution in [0.4, 0.5) is 0 Å². The summed E-state index contributed by atoms with van der Waals surface area (Å²) >= 11 is 2.56. The van der Waals surface area contributed by atoms with Crippen LogP contribution in [-0.4, -0.2) is 19.0 Å². The van der Waals surface area contributed by atoms with Crippen LogP contribution < -0.4 is 4.74 Å². The normalized spacial score (nSPS) is 13.7. The molecule has 0 unspecified atom stereocenters. The van der Waals surface area contributed by atoms with Crippen molar-refractivity contribution in [2.75, 3.05) is 7.11 Å². The highest BCUT2D eigenvalue weighted by Crippen LogP contribution is 2.56. The maximum atomic E-state index is 12.6. The third-order valence-electron chi connectivity index (χ3n) is 3.80. The summed E-state index contributed by atoms with van der Waals surface area (Å²) < 4.78 is 10.8. The Hall–Kier alpha value is -3.20. The van der Waals surface area contributed by atoms with Gasteiger partial charge in [-0.25, -0.2) is 19.7 Å². The van der Waals surface area contributed by atoms with Gasteiger partial charge < -0.3 is 9.47 Å². The Morgan fingerprint density at radius 1 is 1.11 bits per heavy atom. The summed E-state index contributed by atoms with van der Waals surface area (Å²) in [5, 5.41) is 9.12. The zero-order valence-corrected chi connectivity index (χ0v) is 16.4. The molecule has 3 rings (SSSR count). The molecule has 0 bridgehead atoms. The van der Waals surface area contributed by atoms with Crippen LogP contribution in [0.2, 0.25) is 0 Å². The van der Waals surface area contributed by atoms with E-state index in [1.165, 1.54) is 36.7 Å². The summed E-state index contributed by atoms with van der Waals surface area (Å²) in [6.45, 7) is 9.04. The fraction of sp³-hybridized carbons (Fsp3) is 0.100. The average Bonchev–Trinajstić information content (AvgIpc) is 3.16. The van der Waals surface area contributed by atoms with Gasteiger partial charge in [-0.05, 0) is 36.8 Å². The second kappa shape index (κ2) is 8.22. The Morgan fingerprint density at radius 3 is 2.43 bits per heavy atom. The third kappa shape index (κ3) is 3.74. The average molecular weight is 408 g/mol. The molecule has 6 nitrogen and oxygen atoms in total. The Labute approximate surface area is 170 Å². The molecule has 0 spiro atoms. The highest BCUT2D eigenvalue weighted by molar-refractivity contribution is 8.24. The SMILES string of the molecule is [C-]#[N+]/C(C#N)=C1\Sc2c(C)ccc(OC(=O)c3cccc(C(=O)OC)c3)c2S1. The summed E-state index contributed by atoms with van der Waals surface area (Å²) in [4.78, 5) is 29.0. The highest BCUT2D eigenvalue weighted by atomic mass is 32.2. The third-order valence-corrected chi connectivity index (χ3v) is 6.52. The molecule has 0 N–H and O–H groups in total. The van der Waals surface area contributed by atoms with Crippen molar-refractivity contribution in [3.63, 3.8) is 0 Å². The van der Waals surface area contributed by atoms with Gasteiger partial charge in [-0.15, -0.1) is 0 Å². The first-order valence-electron chi connectivity index (χ1n) is 7.90. The predicted molar refractivity (Wildman–Crippen MR) is 105 cm³/mol. The number of ether oxygens (including phenoxy) is 2. The van der Waals surface area contributed by atoms with E-state index in [9.17, 15) is 9.59 Å². The van der Waals surface area contributed by atoms with E-state index in [-0.39, 0.29) is 16.8 Å². The second-order valence-corrected chi connectivity index (χ2v) is 7.86. The molecular weight excluding hydrogens is 396 g/mol. The van der Waals surface area contributed by atoms with Gasteiger partial charge in [-0.2, -0.15) is 0 Å². The predicted octanol–water partition coefficient (Wildman–Crippen LogP) is 4.81. The zero-order valence-electron chi connectivity index (χ0n) is 14.8. The monoisotopic (exact) mass is 408 g/mol. The van der Waals surface area contributed by atoms with Crippen LogP contribution in [0.3, 0.4) is 0 Å². The Kier molecular flexibility index (Phi) is 5.74. The Balaban J connectivity index is 1.92. The topological polar surface area (TPSA) is 80.8 Å². The maximum Gasteiger partial charge on any atom is 0.343 e. The Morgan fingerprint density at radius 2 is 1.79 bits per heavy atom. The molecule has 1 heterocycles. The zero-order chi connectivity index (χ0) is 20.3. The molecule has 8 heteroatoms. The molecule has 0 fully saturated rings. The molecule has 0 saturated carbocycles. The molecular formula is C20H12N2O4S2. The van der Waals surface area contributed by atoms with E-state index in [1.807, 2.05) is 19.1 Å². The molecule has 0 amide bonds. The number of nitrogens with zero attached hydrogens (tertiary/aromatic N) is 2. The van der Waals surface area contributed by atoms with Gasteiger partial charge in [-0.1, -0.05) is 35.7 Å². The number of methoxy groups -OCH3 is 1. The lowest BCUT2D eigenvalue weighted by atomic mass is 10.1. The van der Waals surface area contributed by atoms with E-state index in [0.29, 0.717) is 14.9 Å². The minimum absolute atomic E-state index is 0.00801. The van der Waals surface area contributed by atoms with Crippen LogP contribution in [0.15, 0.2) is 56.1 Å². The van der Waals surface area contributed by atoms with Crippen molar-refractivity contribution < 1.29 is 19.1 Å². The number of benzene rings is 2. The fourth-order valence-corrected chi connectivity index (χ4v) is 4.97. The number of carbonyl (C=O) groups excluding carboxylic acids is 2. The minimum Gasteiger partial charge on any atom is -0.465 e. The lowest BCUT2D eigenvalue weighted by Gasteiger charge is -2.10. The molecule has 1 aliphatic rings. The summed E-state index contributed by atoms with van der Waals surface area (Å²) in [7, 11) is 1.27. The van der Waals surface area contributed by atoms with Crippen LogP contribution in [0.25, 0.3) is 4.85 Å². The summed E-state index contributed by atoms with van der Waals surface area (Å²) in [5.41, 5.74) is 1.42. The van der Waals surface area contributed by atoms with Crippen molar-refractivity contribution in [3.05, 3.63) is 74.4 Å². The number of nitriles is 1. The Bertz CT molecular complexity index is 1090. The maximum absolute atomic E-state index is 12.6. The summed E-state index contributed by atoms with van der Waals surface area (Å²) in [5.74, 6) is -0.829. The number of esters is 2. The molecule has 0 saturated heterocycles. The lowest BCUT2D eigenvalue weighted by Crippen LogP contribution is -2.11. The molecule has 0 radical (unpaired) electrons. The van der Waals surface area contributed by atoms with Crippen molar-refractivity contribution >= 4 is 35.5 Å². The van der Waals surface area contributed by atoms with E-state index >= 15 is 0 Å². The van der Waals surface area contributed by atoms with Crippen LogP contribution in [0.1, 0.15) is 26.3 Å². The molecule has 1 aliphatic heterocycles. The molecule has 28 heavy (non-hydrogen) atoms. The molecule has 0 aliphatic carbocycles. The number of rotatable bonds is 3. The van der Waals surface area contributed by atoms with Crippen molar-refractivity contribution in [1.82, 2.24) is 0 Å². The summed E-state index contributed by atoms with van der Waals surface area (Å²) in [6.07, 6.45) is 0. The van der Waals surface area contributed by atoms with E-state index < -0.39 is 11.9 Å². The van der Waals surface area contributed by atoms with Crippen molar-refractivity contribution in [1.29, 1.82) is 5.26 Å². The van der Waals surface area contributed by atoms with Crippen LogP contribution in [0, 0.1) is 24.8 Å². The van der Waals surface area contributed by atoms with Crippen LogP contribution in [0.5, 0.6) is 5.75 Å². The number of thioether (sulfide) groups is 2. The van der Waals surface area contributed by atoms with Gasteiger partial charge in [-0.3, -0.25) is 0 Å². The number of allylic oxidation sites excluding steroid dienone is 1. The van der Waals surface area contributed by atoms with E-state index in [2.05, 4.69) is 9.58 Å². The van der Waals surface area contributed by atoms with Gasteiger partial charge in [0.2, 0.25) is 0 Å². The molecule has 2 aromatic rings. The van der Waals surface area contributed by atoms with Gasteiger partial charge in [0.05, 0.1) is 40.0 Å². The smallest absolute Gasteiger partial charge is 0.343 e. The lowest BCUT2D eigenvalue weighted by molar-refractivity contribution is 0.0600. The minimum atomic E-state index is -0.620.